The van der Waals surface area contributed by atoms with Crippen molar-refractivity contribution in [2.24, 2.45) is 0 Å². The number of aryl methyl sites for hydroxylation is 1. The number of hydrogen-bond donors (Lipinski definition) is 0. The Balaban J connectivity index is 1.42. The summed E-state index contributed by atoms with van der Waals surface area (Å²) in [6.07, 6.45) is 5.27. The minimum atomic E-state index is 1.15. The van der Waals surface area contributed by atoms with Gasteiger partial charge >= 0.3 is 0 Å². The average Bonchev–Trinajstić information content (AvgIpc) is 3.03. The molecule has 0 saturated carbocycles. The van der Waals surface area contributed by atoms with E-state index in [1.807, 2.05) is 0 Å². The highest BCUT2D eigenvalue weighted by molar-refractivity contribution is 5.23. The molecular weight excluding hydrogens is 270 g/mol. The van der Waals surface area contributed by atoms with Crippen molar-refractivity contribution in [2.45, 2.75) is 32.2 Å². The molecule has 0 aromatic heterocycles. The third kappa shape index (κ3) is 4.80. The van der Waals surface area contributed by atoms with Gasteiger partial charge in [-0.05, 0) is 63.5 Å². The molecule has 3 heteroatoms. The second-order valence-electron chi connectivity index (χ2n) is 7.05. The molecular formula is C19H31N3. The first-order chi connectivity index (χ1) is 10.8. The molecule has 2 fully saturated rings. The van der Waals surface area contributed by atoms with Gasteiger partial charge in [0.25, 0.3) is 0 Å². The first kappa shape index (κ1) is 16.0. The van der Waals surface area contributed by atoms with E-state index in [4.69, 9.17) is 0 Å². The number of rotatable bonds is 6. The molecule has 0 amide bonds. The molecule has 1 aromatic carbocycles. The number of likely N-dealkylation sites (tertiary alicyclic amines) is 1. The lowest BCUT2D eigenvalue weighted by molar-refractivity contribution is 0.153. The molecule has 0 unspecified atom stereocenters. The van der Waals surface area contributed by atoms with Crippen LogP contribution in [0.25, 0.3) is 0 Å². The van der Waals surface area contributed by atoms with E-state index in [0.29, 0.717) is 0 Å². The van der Waals surface area contributed by atoms with Crippen LogP contribution in [0.5, 0.6) is 0 Å². The maximum Gasteiger partial charge on any atom is 0.0233 e. The molecule has 3 nitrogen and oxygen atoms in total. The summed E-state index contributed by atoms with van der Waals surface area (Å²) in [4.78, 5) is 7.63. The molecule has 1 aromatic rings. The molecule has 0 radical (unpaired) electrons. The zero-order chi connectivity index (χ0) is 15.2. The van der Waals surface area contributed by atoms with Crippen molar-refractivity contribution >= 4 is 0 Å². The Kier molecular flexibility index (Phi) is 5.88. The number of benzene rings is 1. The van der Waals surface area contributed by atoms with Crippen LogP contribution in [0.4, 0.5) is 0 Å². The van der Waals surface area contributed by atoms with Crippen molar-refractivity contribution in [1.82, 2.24) is 14.7 Å². The van der Waals surface area contributed by atoms with Gasteiger partial charge in [0.1, 0.15) is 0 Å². The molecule has 2 saturated heterocycles. The van der Waals surface area contributed by atoms with Gasteiger partial charge in [-0.3, -0.25) is 4.90 Å². The summed E-state index contributed by atoms with van der Waals surface area (Å²) in [5.74, 6) is 0. The van der Waals surface area contributed by atoms with Gasteiger partial charge in [-0.25, -0.2) is 0 Å². The van der Waals surface area contributed by atoms with E-state index in [9.17, 15) is 0 Å². The Hall–Kier alpha value is -0.900. The van der Waals surface area contributed by atoms with Crippen LogP contribution in [0.15, 0.2) is 24.3 Å². The fourth-order valence-corrected chi connectivity index (χ4v) is 3.66. The Morgan fingerprint density at radius 3 is 2.36 bits per heavy atom. The van der Waals surface area contributed by atoms with Gasteiger partial charge in [0.15, 0.2) is 0 Å². The van der Waals surface area contributed by atoms with Gasteiger partial charge < -0.3 is 9.80 Å². The summed E-state index contributed by atoms with van der Waals surface area (Å²) in [7, 11) is 2.23. The van der Waals surface area contributed by atoms with Crippen LogP contribution in [-0.4, -0.2) is 67.6 Å². The lowest BCUT2D eigenvalue weighted by atomic mass is 10.1. The maximum absolute atomic E-state index is 2.62. The van der Waals surface area contributed by atoms with Crippen LogP contribution in [0.3, 0.4) is 0 Å². The van der Waals surface area contributed by atoms with Crippen LogP contribution in [0, 0.1) is 0 Å². The van der Waals surface area contributed by atoms with Gasteiger partial charge in [0.05, 0.1) is 0 Å². The third-order valence-corrected chi connectivity index (χ3v) is 5.13. The number of piperazine rings is 1. The van der Waals surface area contributed by atoms with Crippen LogP contribution in [-0.2, 0) is 13.0 Å². The molecule has 22 heavy (non-hydrogen) atoms. The SMILES string of the molecule is CN1CCN(CCCc2cccc(CN3CCCC3)c2)CC1. The monoisotopic (exact) mass is 301 g/mol. The number of hydrogen-bond acceptors (Lipinski definition) is 3. The van der Waals surface area contributed by atoms with E-state index in [1.165, 1.54) is 82.6 Å². The first-order valence-electron chi connectivity index (χ1n) is 9.01. The highest BCUT2D eigenvalue weighted by Gasteiger charge is 2.13. The van der Waals surface area contributed by atoms with Gasteiger partial charge in [-0.15, -0.1) is 0 Å². The van der Waals surface area contributed by atoms with Gasteiger partial charge in [0.2, 0.25) is 0 Å². The molecule has 0 aliphatic carbocycles. The zero-order valence-corrected chi connectivity index (χ0v) is 14.1. The fraction of sp³-hybridized carbons (Fsp3) is 0.684. The Morgan fingerprint density at radius 1 is 0.864 bits per heavy atom. The minimum absolute atomic E-state index is 1.15. The van der Waals surface area contributed by atoms with Crippen molar-refractivity contribution in [3.63, 3.8) is 0 Å². The van der Waals surface area contributed by atoms with Crippen molar-refractivity contribution < 1.29 is 0 Å². The first-order valence-corrected chi connectivity index (χ1v) is 9.01. The average molecular weight is 301 g/mol. The summed E-state index contributed by atoms with van der Waals surface area (Å²) in [6.45, 7) is 9.91. The van der Waals surface area contributed by atoms with E-state index in [1.54, 1.807) is 0 Å². The predicted molar refractivity (Wildman–Crippen MR) is 93.2 cm³/mol. The molecule has 2 aliphatic rings. The van der Waals surface area contributed by atoms with Crippen LogP contribution < -0.4 is 0 Å². The van der Waals surface area contributed by atoms with Gasteiger partial charge in [-0.1, -0.05) is 24.3 Å². The van der Waals surface area contributed by atoms with Crippen molar-refractivity contribution in [1.29, 1.82) is 0 Å². The van der Waals surface area contributed by atoms with E-state index >= 15 is 0 Å². The van der Waals surface area contributed by atoms with Crippen molar-refractivity contribution in [3.05, 3.63) is 35.4 Å². The molecule has 0 N–H and O–H groups in total. The molecule has 2 heterocycles. The van der Waals surface area contributed by atoms with Crippen molar-refractivity contribution in [2.75, 3.05) is 52.9 Å². The second kappa shape index (κ2) is 8.09. The smallest absolute Gasteiger partial charge is 0.0233 e. The molecule has 3 rings (SSSR count). The van der Waals surface area contributed by atoms with E-state index < -0.39 is 0 Å². The van der Waals surface area contributed by atoms with E-state index in [0.717, 1.165) is 6.54 Å². The van der Waals surface area contributed by atoms with Crippen molar-refractivity contribution in [3.8, 4) is 0 Å². The molecule has 2 aliphatic heterocycles. The largest absolute Gasteiger partial charge is 0.304 e. The summed E-state index contributed by atoms with van der Waals surface area (Å²) < 4.78 is 0. The third-order valence-electron chi connectivity index (χ3n) is 5.13. The lowest BCUT2D eigenvalue weighted by Gasteiger charge is -2.32. The Labute approximate surface area is 135 Å². The highest BCUT2D eigenvalue weighted by Crippen LogP contribution is 2.15. The molecule has 0 atom stereocenters. The van der Waals surface area contributed by atoms with Gasteiger partial charge in [0, 0.05) is 32.7 Å². The van der Waals surface area contributed by atoms with E-state index in [2.05, 4.69) is 46.0 Å². The summed E-state index contributed by atoms with van der Waals surface area (Å²) >= 11 is 0. The molecule has 0 spiro atoms. The number of nitrogens with zero attached hydrogens (tertiary/aromatic N) is 3. The fourth-order valence-electron chi connectivity index (χ4n) is 3.66. The summed E-state index contributed by atoms with van der Waals surface area (Å²) in [5.41, 5.74) is 3.02. The Bertz CT molecular complexity index is 446. The summed E-state index contributed by atoms with van der Waals surface area (Å²) in [5, 5.41) is 0. The quantitative estimate of drug-likeness (QED) is 0.799. The minimum Gasteiger partial charge on any atom is -0.304 e. The molecule has 0 bridgehead atoms. The van der Waals surface area contributed by atoms with Crippen LogP contribution >= 0.6 is 0 Å². The molecule has 122 valence electrons. The number of likely N-dealkylation sites (N-methyl/N-ethyl adjacent to an activating group) is 1. The topological polar surface area (TPSA) is 9.72 Å². The maximum atomic E-state index is 2.62. The highest BCUT2D eigenvalue weighted by atomic mass is 15.2. The standard InChI is InChI=1S/C19H31N3/c1-20-12-14-21(15-13-20)11-5-8-18-6-4-7-19(16-18)17-22-9-2-3-10-22/h4,6-7,16H,2-3,5,8-15,17H2,1H3. The second-order valence-corrected chi connectivity index (χ2v) is 7.05. The summed E-state index contributed by atoms with van der Waals surface area (Å²) in [6, 6.07) is 9.28. The lowest BCUT2D eigenvalue weighted by Crippen LogP contribution is -2.44. The van der Waals surface area contributed by atoms with Gasteiger partial charge in [-0.2, -0.15) is 0 Å². The predicted octanol–water partition coefficient (Wildman–Crippen LogP) is 2.46. The normalized spacial score (nSPS) is 21.5. The van der Waals surface area contributed by atoms with Crippen LogP contribution in [0.2, 0.25) is 0 Å². The van der Waals surface area contributed by atoms with E-state index in [-0.39, 0.29) is 0 Å². The zero-order valence-electron chi connectivity index (χ0n) is 14.1. The Morgan fingerprint density at radius 2 is 1.59 bits per heavy atom. The van der Waals surface area contributed by atoms with Crippen LogP contribution in [0.1, 0.15) is 30.4 Å².